The minimum atomic E-state index is -1.45. The molecule has 2 aliphatic rings. The summed E-state index contributed by atoms with van der Waals surface area (Å²) >= 11 is 0. The van der Waals surface area contributed by atoms with E-state index in [0.29, 0.717) is 0 Å². The van der Waals surface area contributed by atoms with Gasteiger partial charge in [0.1, 0.15) is 29.8 Å². The number of hydrogen-bond donors (Lipinski definition) is 3. The summed E-state index contributed by atoms with van der Waals surface area (Å²) in [5, 5.41) is 28.7. The van der Waals surface area contributed by atoms with E-state index in [1.165, 1.54) is 0 Å². The van der Waals surface area contributed by atoms with Gasteiger partial charge in [-0.2, -0.15) is 0 Å². The molecule has 0 unspecified atom stereocenters. The Morgan fingerprint density at radius 2 is 2.10 bits per heavy atom. The summed E-state index contributed by atoms with van der Waals surface area (Å²) in [5.41, 5.74) is -0.314. The highest BCUT2D eigenvalue weighted by molar-refractivity contribution is 6.08. The molecule has 0 radical (unpaired) electrons. The predicted octanol–water partition coefficient (Wildman–Crippen LogP) is 1.28. The molecule has 0 fully saturated rings. The summed E-state index contributed by atoms with van der Waals surface area (Å²) in [6.45, 7) is 1.63. The molecule has 2 aliphatic heterocycles. The zero-order valence-corrected chi connectivity index (χ0v) is 11.0. The molecule has 0 bridgehead atoms. The predicted molar refractivity (Wildman–Crippen MR) is 69.3 cm³/mol. The van der Waals surface area contributed by atoms with E-state index < -0.39 is 29.1 Å². The van der Waals surface area contributed by atoms with Gasteiger partial charge in [-0.1, -0.05) is 0 Å². The first-order valence-electron chi connectivity index (χ1n) is 6.28. The number of fused-ring (bicyclic) bond motifs is 2. The molecule has 0 saturated heterocycles. The van der Waals surface area contributed by atoms with Gasteiger partial charge < -0.3 is 24.8 Å². The lowest BCUT2D eigenvalue weighted by molar-refractivity contribution is -0.118. The maximum absolute atomic E-state index is 12.0. The second kappa shape index (κ2) is 4.41. The second-order valence-corrected chi connectivity index (χ2v) is 4.95. The van der Waals surface area contributed by atoms with Crippen LogP contribution in [0.25, 0.3) is 5.76 Å². The number of aromatic hydroxyl groups is 2. The largest absolute Gasteiger partial charge is 0.504 e. The SMILES string of the molecule is C[C@H]1CC(=O)C2=C(O1)c1c(cc(O)c(O)c1C(=O)O)OC2. The lowest BCUT2D eigenvalue weighted by Gasteiger charge is -2.31. The molecule has 21 heavy (non-hydrogen) atoms. The molecule has 1 aromatic carbocycles. The van der Waals surface area contributed by atoms with Crippen molar-refractivity contribution in [3.8, 4) is 17.2 Å². The fraction of sp³-hybridized carbons (Fsp3) is 0.286. The Labute approximate surface area is 119 Å². The summed E-state index contributed by atoms with van der Waals surface area (Å²) in [6.07, 6.45) is -0.218. The Morgan fingerprint density at radius 3 is 2.76 bits per heavy atom. The fourth-order valence-corrected chi connectivity index (χ4v) is 2.51. The molecule has 3 N–H and O–H groups in total. The van der Waals surface area contributed by atoms with Gasteiger partial charge in [-0.05, 0) is 6.92 Å². The molecular formula is C14H12O7. The summed E-state index contributed by atoms with van der Waals surface area (Å²) in [5.74, 6) is -2.86. The Balaban J connectivity index is 2.32. The molecule has 0 aliphatic carbocycles. The molecule has 0 aromatic heterocycles. The molecule has 0 spiro atoms. The highest BCUT2D eigenvalue weighted by Gasteiger charge is 2.37. The van der Waals surface area contributed by atoms with Crippen LogP contribution in [0.1, 0.15) is 29.3 Å². The molecule has 7 heteroatoms. The van der Waals surface area contributed by atoms with Crippen LogP contribution >= 0.6 is 0 Å². The first-order chi connectivity index (χ1) is 9.90. The maximum Gasteiger partial charge on any atom is 0.340 e. The molecule has 0 amide bonds. The Kier molecular flexibility index (Phi) is 2.79. The fourth-order valence-electron chi connectivity index (χ4n) is 2.51. The molecule has 3 rings (SSSR count). The van der Waals surface area contributed by atoms with Gasteiger partial charge in [0.15, 0.2) is 17.3 Å². The van der Waals surface area contributed by atoms with E-state index in [0.717, 1.165) is 6.07 Å². The van der Waals surface area contributed by atoms with Crippen molar-refractivity contribution in [1.82, 2.24) is 0 Å². The number of phenolic OH excluding ortho intramolecular Hbond substituents is 1. The second-order valence-electron chi connectivity index (χ2n) is 4.95. The van der Waals surface area contributed by atoms with Crippen LogP contribution in [-0.4, -0.2) is 39.8 Å². The van der Waals surface area contributed by atoms with Gasteiger partial charge in [0, 0.05) is 12.5 Å². The van der Waals surface area contributed by atoms with Crippen molar-refractivity contribution >= 4 is 17.5 Å². The first-order valence-corrected chi connectivity index (χ1v) is 6.28. The number of carboxylic acid groups (broad SMARTS) is 1. The average molecular weight is 292 g/mol. The van der Waals surface area contributed by atoms with Crippen molar-refractivity contribution in [2.45, 2.75) is 19.4 Å². The quantitative estimate of drug-likeness (QED) is 0.668. The Hall–Kier alpha value is -2.70. The number of phenols is 2. The normalized spacial score (nSPS) is 20.2. The van der Waals surface area contributed by atoms with Gasteiger partial charge >= 0.3 is 5.97 Å². The van der Waals surface area contributed by atoms with E-state index in [-0.39, 0.29) is 41.5 Å². The number of hydrogen-bond acceptors (Lipinski definition) is 6. The third-order valence-corrected chi connectivity index (χ3v) is 3.46. The van der Waals surface area contributed by atoms with E-state index in [1.54, 1.807) is 6.92 Å². The van der Waals surface area contributed by atoms with Crippen LogP contribution in [0.5, 0.6) is 17.2 Å². The van der Waals surface area contributed by atoms with Crippen molar-refractivity contribution in [2.24, 2.45) is 0 Å². The van der Waals surface area contributed by atoms with Gasteiger partial charge in [-0.3, -0.25) is 4.79 Å². The summed E-state index contributed by atoms with van der Waals surface area (Å²) < 4.78 is 10.9. The number of aromatic carboxylic acids is 1. The number of rotatable bonds is 1. The number of carbonyl (C=O) groups is 2. The number of benzene rings is 1. The van der Waals surface area contributed by atoms with Crippen molar-refractivity contribution in [3.63, 3.8) is 0 Å². The number of carbonyl (C=O) groups excluding carboxylic acids is 1. The lowest BCUT2D eigenvalue weighted by Crippen LogP contribution is -2.29. The zero-order valence-electron chi connectivity index (χ0n) is 11.0. The van der Waals surface area contributed by atoms with Crippen molar-refractivity contribution < 1.29 is 34.4 Å². The number of ketones is 1. The van der Waals surface area contributed by atoms with Crippen LogP contribution in [0.2, 0.25) is 0 Å². The van der Waals surface area contributed by atoms with Gasteiger partial charge in [0.05, 0.1) is 11.1 Å². The maximum atomic E-state index is 12.0. The Morgan fingerprint density at radius 1 is 1.38 bits per heavy atom. The highest BCUT2D eigenvalue weighted by atomic mass is 16.5. The van der Waals surface area contributed by atoms with Crippen molar-refractivity contribution in [1.29, 1.82) is 0 Å². The van der Waals surface area contributed by atoms with Crippen LogP contribution in [0.3, 0.4) is 0 Å². The minimum absolute atomic E-state index is 0.0149. The molecule has 1 aromatic rings. The molecule has 0 saturated carbocycles. The topological polar surface area (TPSA) is 113 Å². The number of Topliss-reactive ketones (excluding diaryl/α,β-unsaturated/α-hetero) is 1. The summed E-state index contributed by atoms with van der Waals surface area (Å²) in [4.78, 5) is 23.4. The van der Waals surface area contributed by atoms with E-state index in [4.69, 9.17) is 9.47 Å². The van der Waals surface area contributed by atoms with Crippen LogP contribution in [0.4, 0.5) is 0 Å². The number of ether oxygens (including phenoxy) is 2. The van der Waals surface area contributed by atoms with Gasteiger partial charge in [0.25, 0.3) is 0 Å². The minimum Gasteiger partial charge on any atom is -0.504 e. The van der Waals surface area contributed by atoms with Crippen molar-refractivity contribution in [2.75, 3.05) is 6.61 Å². The van der Waals surface area contributed by atoms with E-state index in [9.17, 15) is 24.9 Å². The molecule has 7 nitrogen and oxygen atoms in total. The van der Waals surface area contributed by atoms with Gasteiger partial charge in [0.2, 0.25) is 0 Å². The third kappa shape index (κ3) is 1.89. The molecule has 1 atom stereocenters. The molecule has 110 valence electrons. The van der Waals surface area contributed by atoms with Crippen LogP contribution < -0.4 is 4.74 Å². The number of carboxylic acids is 1. The average Bonchev–Trinajstić information content (AvgIpc) is 2.39. The third-order valence-electron chi connectivity index (χ3n) is 3.46. The Bertz CT molecular complexity index is 702. The van der Waals surface area contributed by atoms with Gasteiger partial charge in [-0.15, -0.1) is 0 Å². The first kappa shape index (κ1) is 13.3. The van der Waals surface area contributed by atoms with Crippen LogP contribution in [-0.2, 0) is 9.53 Å². The van der Waals surface area contributed by atoms with Crippen molar-refractivity contribution in [3.05, 3.63) is 22.8 Å². The smallest absolute Gasteiger partial charge is 0.340 e. The van der Waals surface area contributed by atoms with Crippen LogP contribution in [0, 0.1) is 0 Å². The van der Waals surface area contributed by atoms with E-state index in [1.807, 2.05) is 0 Å². The lowest BCUT2D eigenvalue weighted by atomic mass is 9.92. The summed E-state index contributed by atoms with van der Waals surface area (Å²) in [7, 11) is 0. The standard InChI is InChI=1S/C14H12O7/c1-5-2-7(15)6-4-20-9-3-8(16)12(17)11(14(18)19)10(9)13(6)21-5/h3,5,16-17H,2,4H2,1H3,(H,18,19)/t5-/m0/s1. The molecular weight excluding hydrogens is 280 g/mol. The van der Waals surface area contributed by atoms with E-state index in [2.05, 4.69) is 0 Å². The monoisotopic (exact) mass is 292 g/mol. The highest BCUT2D eigenvalue weighted by Crippen LogP contribution is 2.46. The van der Waals surface area contributed by atoms with E-state index >= 15 is 0 Å². The summed E-state index contributed by atoms with van der Waals surface area (Å²) in [6, 6.07) is 1.11. The molecule has 2 heterocycles. The van der Waals surface area contributed by atoms with Crippen LogP contribution in [0.15, 0.2) is 11.6 Å². The zero-order chi connectivity index (χ0) is 15.3. The van der Waals surface area contributed by atoms with Gasteiger partial charge in [-0.25, -0.2) is 4.79 Å².